The van der Waals surface area contributed by atoms with Gasteiger partial charge in [-0.3, -0.25) is 15.3 Å². The van der Waals surface area contributed by atoms with E-state index in [1.54, 1.807) is 0 Å². The third kappa shape index (κ3) is 3.52. The summed E-state index contributed by atoms with van der Waals surface area (Å²) in [5, 5.41) is 8.59. The number of hydrogen-bond donors (Lipinski definition) is 2. The van der Waals surface area contributed by atoms with Gasteiger partial charge in [0, 0.05) is 23.4 Å². The minimum atomic E-state index is 0.0103. The van der Waals surface area contributed by atoms with E-state index in [1.807, 2.05) is 12.1 Å². The largest absolute Gasteiger partial charge is 0.394 e. The van der Waals surface area contributed by atoms with E-state index in [2.05, 4.69) is 38.5 Å². The lowest BCUT2D eigenvalue weighted by atomic mass is 9.98. The summed E-state index contributed by atoms with van der Waals surface area (Å²) in [6.45, 7) is 1.07. The van der Waals surface area contributed by atoms with Gasteiger partial charge >= 0.3 is 0 Å². The van der Waals surface area contributed by atoms with Crippen LogP contribution in [0.1, 0.15) is 17.9 Å². The SMILES string of the molecule is OCCONC1=NC[C@@H](c2ccc(Br)cc2)C1. The van der Waals surface area contributed by atoms with E-state index >= 15 is 0 Å². The van der Waals surface area contributed by atoms with E-state index < -0.39 is 0 Å². The zero-order valence-electron chi connectivity index (χ0n) is 9.40. The van der Waals surface area contributed by atoms with Crippen LogP contribution >= 0.6 is 15.9 Å². The fraction of sp³-hybridized carbons (Fsp3) is 0.417. The van der Waals surface area contributed by atoms with Crippen molar-refractivity contribution in [2.24, 2.45) is 4.99 Å². The number of aliphatic hydroxyl groups is 1. The van der Waals surface area contributed by atoms with Crippen LogP contribution in [0, 0.1) is 0 Å². The van der Waals surface area contributed by atoms with Crippen LogP contribution < -0.4 is 5.48 Å². The Bertz CT molecular complexity index is 392. The van der Waals surface area contributed by atoms with Crippen molar-refractivity contribution in [2.75, 3.05) is 19.8 Å². The molecule has 0 fully saturated rings. The molecule has 0 aliphatic carbocycles. The zero-order valence-corrected chi connectivity index (χ0v) is 11.0. The second-order valence-corrected chi connectivity index (χ2v) is 4.83. The standard InChI is InChI=1S/C12H15BrN2O2/c13-11-3-1-9(2-4-11)10-7-12(14-8-10)15-17-6-5-16/h1-4,10,16H,5-8H2,(H,14,15)/t10-/m0/s1. The first-order chi connectivity index (χ1) is 8.29. The Morgan fingerprint density at radius 3 is 2.88 bits per heavy atom. The average molecular weight is 299 g/mol. The Balaban J connectivity index is 1.85. The van der Waals surface area contributed by atoms with Gasteiger partial charge < -0.3 is 5.11 Å². The van der Waals surface area contributed by atoms with Crippen LogP contribution in [0.4, 0.5) is 0 Å². The van der Waals surface area contributed by atoms with Crippen molar-refractivity contribution in [2.45, 2.75) is 12.3 Å². The Kier molecular flexibility index (Phi) is 4.53. The topological polar surface area (TPSA) is 53.9 Å². The van der Waals surface area contributed by atoms with E-state index in [-0.39, 0.29) is 13.2 Å². The number of aliphatic imine (C=N–C) groups is 1. The third-order valence-corrected chi connectivity index (χ3v) is 3.20. The number of hydrogen-bond acceptors (Lipinski definition) is 4. The molecule has 0 aromatic heterocycles. The minimum absolute atomic E-state index is 0.0103. The predicted molar refractivity (Wildman–Crippen MR) is 70.0 cm³/mol. The molecule has 1 aromatic rings. The van der Waals surface area contributed by atoms with Gasteiger partial charge in [-0.25, -0.2) is 0 Å². The molecular formula is C12H15BrN2O2. The van der Waals surface area contributed by atoms with Crippen molar-refractivity contribution in [1.82, 2.24) is 5.48 Å². The molecule has 0 bridgehead atoms. The van der Waals surface area contributed by atoms with Gasteiger partial charge in [0.05, 0.1) is 13.2 Å². The van der Waals surface area contributed by atoms with E-state index in [4.69, 9.17) is 9.94 Å². The van der Waals surface area contributed by atoms with Crippen molar-refractivity contribution >= 4 is 21.8 Å². The second kappa shape index (κ2) is 6.14. The lowest BCUT2D eigenvalue weighted by molar-refractivity contribution is 0.0525. The summed E-state index contributed by atoms with van der Waals surface area (Å²) in [6.07, 6.45) is 0.854. The molecule has 1 aromatic carbocycles. The van der Waals surface area contributed by atoms with Crippen LogP contribution in [0.5, 0.6) is 0 Å². The Morgan fingerprint density at radius 2 is 2.18 bits per heavy atom. The second-order valence-electron chi connectivity index (χ2n) is 3.91. The molecule has 2 rings (SSSR count). The van der Waals surface area contributed by atoms with Crippen LogP contribution in [-0.4, -0.2) is 30.7 Å². The number of amidine groups is 1. The summed E-state index contributed by atoms with van der Waals surface area (Å²) in [7, 11) is 0. The number of hydroxylamine groups is 1. The quantitative estimate of drug-likeness (QED) is 0.659. The average Bonchev–Trinajstić information content (AvgIpc) is 2.79. The maximum absolute atomic E-state index is 8.59. The first-order valence-corrected chi connectivity index (χ1v) is 6.36. The number of rotatable bonds is 4. The Morgan fingerprint density at radius 1 is 1.41 bits per heavy atom. The van der Waals surface area contributed by atoms with Gasteiger partial charge in [0.2, 0.25) is 0 Å². The summed E-state index contributed by atoms with van der Waals surface area (Å²) in [4.78, 5) is 9.41. The number of nitrogens with zero attached hydrogens (tertiary/aromatic N) is 1. The molecule has 17 heavy (non-hydrogen) atoms. The van der Waals surface area contributed by atoms with Crippen molar-refractivity contribution in [3.8, 4) is 0 Å². The molecule has 2 N–H and O–H groups in total. The highest BCUT2D eigenvalue weighted by atomic mass is 79.9. The van der Waals surface area contributed by atoms with Gasteiger partial charge in [-0.2, -0.15) is 0 Å². The van der Waals surface area contributed by atoms with Crippen molar-refractivity contribution in [1.29, 1.82) is 0 Å². The smallest absolute Gasteiger partial charge is 0.121 e. The zero-order chi connectivity index (χ0) is 12.1. The number of benzene rings is 1. The molecule has 1 aliphatic rings. The fourth-order valence-electron chi connectivity index (χ4n) is 1.80. The van der Waals surface area contributed by atoms with E-state index in [0.29, 0.717) is 5.92 Å². The first kappa shape index (κ1) is 12.5. The maximum atomic E-state index is 8.59. The Hall–Kier alpha value is -0.910. The van der Waals surface area contributed by atoms with Crippen LogP contribution in [0.25, 0.3) is 0 Å². The van der Waals surface area contributed by atoms with Gasteiger partial charge in [0.1, 0.15) is 5.84 Å². The van der Waals surface area contributed by atoms with Gasteiger partial charge in [0.15, 0.2) is 0 Å². The highest BCUT2D eigenvalue weighted by molar-refractivity contribution is 9.10. The summed E-state index contributed by atoms with van der Waals surface area (Å²) in [6, 6.07) is 8.32. The molecular weight excluding hydrogens is 284 g/mol. The summed E-state index contributed by atoms with van der Waals surface area (Å²) in [5.41, 5.74) is 4.06. The lowest BCUT2D eigenvalue weighted by Gasteiger charge is -2.09. The number of nitrogens with one attached hydrogen (secondary N) is 1. The molecule has 4 nitrogen and oxygen atoms in total. The molecule has 0 saturated carbocycles. The van der Waals surface area contributed by atoms with E-state index in [0.717, 1.165) is 23.3 Å². The van der Waals surface area contributed by atoms with Gasteiger partial charge in [-0.15, -0.1) is 0 Å². The summed E-state index contributed by atoms with van der Waals surface area (Å²) < 4.78 is 1.09. The highest BCUT2D eigenvalue weighted by Gasteiger charge is 2.20. The van der Waals surface area contributed by atoms with Gasteiger partial charge in [-0.05, 0) is 17.7 Å². The van der Waals surface area contributed by atoms with Crippen LogP contribution in [0.2, 0.25) is 0 Å². The van der Waals surface area contributed by atoms with Crippen LogP contribution in [0.3, 0.4) is 0 Å². The van der Waals surface area contributed by atoms with E-state index in [9.17, 15) is 0 Å². The molecule has 0 saturated heterocycles. The predicted octanol–water partition coefficient (Wildman–Crippen LogP) is 1.85. The minimum Gasteiger partial charge on any atom is -0.394 e. The highest BCUT2D eigenvalue weighted by Crippen LogP contribution is 2.26. The van der Waals surface area contributed by atoms with Crippen molar-refractivity contribution in [3.05, 3.63) is 34.3 Å². The molecule has 0 radical (unpaired) electrons. The summed E-state index contributed by atoms with van der Waals surface area (Å²) in [5.74, 6) is 1.27. The monoisotopic (exact) mass is 298 g/mol. The molecule has 92 valence electrons. The van der Waals surface area contributed by atoms with Crippen molar-refractivity contribution in [3.63, 3.8) is 0 Å². The molecule has 1 heterocycles. The lowest BCUT2D eigenvalue weighted by Crippen LogP contribution is -2.24. The number of aliphatic hydroxyl groups excluding tert-OH is 1. The van der Waals surface area contributed by atoms with Crippen LogP contribution in [-0.2, 0) is 4.84 Å². The summed E-state index contributed by atoms with van der Waals surface area (Å²) >= 11 is 3.42. The molecule has 0 unspecified atom stereocenters. The maximum Gasteiger partial charge on any atom is 0.121 e. The molecule has 1 atom stereocenters. The Labute approximate surface area is 109 Å². The molecule has 5 heteroatoms. The van der Waals surface area contributed by atoms with Crippen LogP contribution in [0.15, 0.2) is 33.7 Å². The van der Waals surface area contributed by atoms with Gasteiger partial charge in [0.25, 0.3) is 0 Å². The van der Waals surface area contributed by atoms with Gasteiger partial charge in [-0.1, -0.05) is 28.1 Å². The molecule has 0 spiro atoms. The molecule has 0 amide bonds. The third-order valence-electron chi connectivity index (χ3n) is 2.67. The number of halogens is 1. The fourth-order valence-corrected chi connectivity index (χ4v) is 2.06. The normalized spacial score (nSPS) is 19.2. The van der Waals surface area contributed by atoms with Crippen molar-refractivity contribution < 1.29 is 9.94 Å². The van der Waals surface area contributed by atoms with E-state index in [1.165, 1.54) is 5.56 Å². The first-order valence-electron chi connectivity index (χ1n) is 5.57. The molecule has 1 aliphatic heterocycles.